The highest BCUT2D eigenvalue weighted by Gasteiger charge is 2.08. The number of hydrogen-bond donors (Lipinski definition) is 2. The molecule has 0 spiro atoms. The molecule has 16 heavy (non-hydrogen) atoms. The lowest BCUT2D eigenvalue weighted by atomic mass is 10.1. The van der Waals surface area contributed by atoms with Gasteiger partial charge < -0.3 is 10.4 Å². The van der Waals surface area contributed by atoms with E-state index in [1.165, 1.54) is 6.07 Å². The molecule has 0 aliphatic heterocycles. The largest absolute Gasteiger partial charge is 0.477 e. The van der Waals surface area contributed by atoms with Crippen molar-refractivity contribution in [1.29, 1.82) is 0 Å². The van der Waals surface area contributed by atoms with Gasteiger partial charge in [0.15, 0.2) is 5.69 Å². The van der Waals surface area contributed by atoms with Crippen molar-refractivity contribution in [2.24, 2.45) is 5.92 Å². The number of rotatable bonds is 5. The van der Waals surface area contributed by atoms with Gasteiger partial charge in [-0.1, -0.05) is 13.8 Å². The number of nitrogens with zero attached hydrogens (tertiary/aromatic N) is 2. The molecule has 0 aliphatic carbocycles. The number of aryl methyl sites for hydroxylation is 1. The van der Waals surface area contributed by atoms with Crippen LogP contribution in [0, 0.1) is 12.8 Å². The van der Waals surface area contributed by atoms with Crippen molar-refractivity contribution < 1.29 is 9.90 Å². The molecular weight excluding hydrogens is 206 g/mol. The molecule has 5 heteroatoms. The zero-order chi connectivity index (χ0) is 12.1. The summed E-state index contributed by atoms with van der Waals surface area (Å²) in [6.45, 7) is 6.73. The van der Waals surface area contributed by atoms with Gasteiger partial charge in [-0.05, 0) is 19.3 Å². The molecule has 1 aromatic heterocycles. The number of carboxylic acid groups (broad SMARTS) is 1. The van der Waals surface area contributed by atoms with E-state index in [1.807, 2.05) is 0 Å². The molecule has 0 aromatic carbocycles. The number of carboxylic acids is 1. The fourth-order valence-electron chi connectivity index (χ4n) is 1.26. The first-order valence-corrected chi connectivity index (χ1v) is 5.32. The molecule has 1 rings (SSSR count). The molecule has 0 aliphatic rings. The van der Waals surface area contributed by atoms with Crippen LogP contribution in [0.4, 0.5) is 5.82 Å². The first-order chi connectivity index (χ1) is 7.49. The Morgan fingerprint density at radius 2 is 2.19 bits per heavy atom. The molecule has 0 radical (unpaired) electrons. The van der Waals surface area contributed by atoms with Crippen LogP contribution >= 0.6 is 0 Å². The van der Waals surface area contributed by atoms with Gasteiger partial charge in [-0.15, -0.1) is 0 Å². The molecule has 88 valence electrons. The van der Waals surface area contributed by atoms with Crippen LogP contribution in [0.15, 0.2) is 6.07 Å². The number of carbonyl (C=O) groups is 1. The van der Waals surface area contributed by atoms with Gasteiger partial charge in [-0.3, -0.25) is 0 Å². The quantitative estimate of drug-likeness (QED) is 0.797. The number of hydrogen-bond acceptors (Lipinski definition) is 4. The van der Waals surface area contributed by atoms with E-state index < -0.39 is 5.97 Å². The summed E-state index contributed by atoms with van der Waals surface area (Å²) in [5.41, 5.74) is 0.0274. The van der Waals surface area contributed by atoms with Gasteiger partial charge >= 0.3 is 5.97 Å². The van der Waals surface area contributed by atoms with Crippen molar-refractivity contribution in [2.45, 2.75) is 27.2 Å². The summed E-state index contributed by atoms with van der Waals surface area (Å²) in [5.74, 6) is 0.615. The maximum Gasteiger partial charge on any atom is 0.354 e. The van der Waals surface area contributed by atoms with Crippen LogP contribution in [0.3, 0.4) is 0 Å². The lowest BCUT2D eigenvalue weighted by Gasteiger charge is -2.08. The number of anilines is 1. The highest BCUT2D eigenvalue weighted by Crippen LogP contribution is 2.08. The van der Waals surface area contributed by atoms with Gasteiger partial charge in [0.2, 0.25) is 0 Å². The van der Waals surface area contributed by atoms with Gasteiger partial charge in [0, 0.05) is 12.6 Å². The highest BCUT2D eigenvalue weighted by molar-refractivity contribution is 5.86. The fraction of sp³-hybridized carbons (Fsp3) is 0.545. The third kappa shape index (κ3) is 3.84. The Balaban J connectivity index is 2.69. The first kappa shape index (κ1) is 12.4. The molecule has 5 nitrogen and oxygen atoms in total. The Bertz CT molecular complexity index is 377. The van der Waals surface area contributed by atoms with E-state index in [-0.39, 0.29) is 5.69 Å². The van der Waals surface area contributed by atoms with E-state index in [2.05, 4.69) is 29.1 Å². The van der Waals surface area contributed by atoms with Crippen LogP contribution in [-0.4, -0.2) is 27.6 Å². The highest BCUT2D eigenvalue weighted by atomic mass is 16.4. The van der Waals surface area contributed by atoms with Gasteiger partial charge in [0.25, 0.3) is 0 Å². The minimum Gasteiger partial charge on any atom is -0.477 e. The predicted molar refractivity (Wildman–Crippen MR) is 61.7 cm³/mol. The van der Waals surface area contributed by atoms with E-state index in [4.69, 9.17) is 5.11 Å². The van der Waals surface area contributed by atoms with E-state index in [0.717, 1.165) is 13.0 Å². The Morgan fingerprint density at radius 1 is 1.50 bits per heavy atom. The zero-order valence-electron chi connectivity index (χ0n) is 9.82. The van der Waals surface area contributed by atoms with Crippen LogP contribution in [-0.2, 0) is 0 Å². The fourth-order valence-corrected chi connectivity index (χ4v) is 1.26. The van der Waals surface area contributed by atoms with Gasteiger partial charge in [-0.25, -0.2) is 14.8 Å². The predicted octanol–water partition coefficient (Wildman–Crippen LogP) is 1.94. The van der Waals surface area contributed by atoms with Crippen molar-refractivity contribution in [2.75, 3.05) is 11.9 Å². The monoisotopic (exact) mass is 223 g/mol. The van der Waals surface area contributed by atoms with E-state index in [9.17, 15) is 4.79 Å². The summed E-state index contributed by atoms with van der Waals surface area (Å²) in [6.07, 6.45) is 1.02. The molecule has 0 unspecified atom stereocenters. The van der Waals surface area contributed by atoms with Crippen LogP contribution < -0.4 is 5.32 Å². The second-order valence-electron chi connectivity index (χ2n) is 4.10. The average molecular weight is 223 g/mol. The van der Waals surface area contributed by atoms with Gasteiger partial charge in [0.05, 0.1) is 0 Å². The van der Waals surface area contributed by atoms with Gasteiger partial charge in [-0.2, -0.15) is 0 Å². The van der Waals surface area contributed by atoms with E-state index in [1.54, 1.807) is 6.92 Å². The second-order valence-corrected chi connectivity index (χ2v) is 4.10. The normalized spacial score (nSPS) is 10.5. The summed E-state index contributed by atoms with van der Waals surface area (Å²) < 4.78 is 0. The van der Waals surface area contributed by atoms with E-state index >= 15 is 0 Å². The van der Waals surface area contributed by atoms with Crippen molar-refractivity contribution >= 4 is 11.8 Å². The molecule has 0 saturated heterocycles. The molecule has 0 saturated carbocycles. The lowest BCUT2D eigenvalue weighted by molar-refractivity contribution is 0.0690. The van der Waals surface area contributed by atoms with Crippen LogP contribution in [0.1, 0.15) is 36.6 Å². The van der Waals surface area contributed by atoms with Crippen molar-refractivity contribution in [3.8, 4) is 0 Å². The van der Waals surface area contributed by atoms with Crippen molar-refractivity contribution in [3.63, 3.8) is 0 Å². The summed E-state index contributed by atoms with van der Waals surface area (Å²) in [7, 11) is 0. The smallest absolute Gasteiger partial charge is 0.354 e. The average Bonchev–Trinajstić information content (AvgIpc) is 2.16. The minimum atomic E-state index is -1.03. The number of aromatic carboxylic acids is 1. The SMILES string of the molecule is Cc1nc(NCCC(C)C)cc(C(=O)O)n1. The third-order valence-electron chi connectivity index (χ3n) is 2.08. The molecular formula is C11H17N3O2. The maximum absolute atomic E-state index is 10.8. The van der Waals surface area contributed by atoms with Crippen LogP contribution in [0.5, 0.6) is 0 Å². The Kier molecular flexibility index (Phi) is 4.22. The van der Waals surface area contributed by atoms with E-state index in [0.29, 0.717) is 17.6 Å². The second kappa shape index (κ2) is 5.44. The first-order valence-electron chi connectivity index (χ1n) is 5.32. The Morgan fingerprint density at radius 3 is 2.75 bits per heavy atom. The molecule has 1 aromatic rings. The van der Waals surface area contributed by atoms with Gasteiger partial charge in [0.1, 0.15) is 11.6 Å². The summed E-state index contributed by atoms with van der Waals surface area (Å²) in [5, 5.41) is 11.9. The van der Waals surface area contributed by atoms with Crippen molar-refractivity contribution in [1.82, 2.24) is 9.97 Å². The molecule has 0 bridgehead atoms. The number of nitrogens with one attached hydrogen (secondary N) is 1. The molecule has 2 N–H and O–H groups in total. The summed E-state index contributed by atoms with van der Waals surface area (Å²) in [4.78, 5) is 18.7. The molecule has 1 heterocycles. The van der Waals surface area contributed by atoms with Crippen molar-refractivity contribution in [3.05, 3.63) is 17.6 Å². The molecule has 0 atom stereocenters. The third-order valence-corrected chi connectivity index (χ3v) is 2.08. The maximum atomic E-state index is 10.8. The topological polar surface area (TPSA) is 75.1 Å². The molecule has 0 amide bonds. The van der Waals surface area contributed by atoms with Crippen LogP contribution in [0.2, 0.25) is 0 Å². The zero-order valence-corrected chi connectivity index (χ0v) is 9.82. The number of aromatic nitrogens is 2. The lowest BCUT2D eigenvalue weighted by Crippen LogP contribution is -2.10. The van der Waals surface area contributed by atoms with Crippen LogP contribution in [0.25, 0.3) is 0 Å². The Hall–Kier alpha value is -1.65. The molecule has 0 fully saturated rings. The Labute approximate surface area is 94.9 Å². The minimum absolute atomic E-state index is 0.0274. The summed E-state index contributed by atoms with van der Waals surface area (Å²) in [6, 6.07) is 1.45. The summed E-state index contributed by atoms with van der Waals surface area (Å²) >= 11 is 0. The standard InChI is InChI=1S/C11H17N3O2/c1-7(2)4-5-12-10-6-9(11(15)16)13-8(3)14-10/h6-7H,4-5H2,1-3H3,(H,15,16)(H,12,13,14).